The molecule has 0 saturated carbocycles. The Morgan fingerprint density at radius 2 is 1.89 bits per heavy atom. The number of nitrogens with zero attached hydrogens (tertiary/aromatic N) is 5. The average molecular weight is 628 g/mol. The molecule has 44 heavy (non-hydrogen) atoms. The lowest BCUT2D eigenvalue weighted by Crippen LogP contribution is -2.36. The van der Waals surface area contributed by atoms with E-state index in [1.165, 1.54) is 37.3 Å². The summed E-state index contributed by atoms with van der Waals surface area (Å²) in [6.07, 6.45) is -2.62. The maximum Gasteiger partial charge on any atom is 0.416 e. The monoisotopic (exact) mass is 627 g/mol. The molecule has 1 aliphatic rings. The number of phenolic OH excluding ortho intramolecular Hbond substituents is 1. The number of benzene rings is 2. The number of hydrogen-bond acceptors (Lipinski definition) is 8. The number of aliphatic hydroxyl groups is 1. The molecule has 6 rings (SSSR count). The number of aromatic hydroxyl groups is 1. The molecule has 5 aromatic rings. The van der Waals surface area contributed by atoms with E-state index in [0.717, 1.165) is 5.56 Å². The molecule has 2 aromatic carbocycles. The summed E-state index contributed by atoms with van der Waals surface area (Å²) in [5, 5.41) is 25.2. The van der Waals surface area contributed by atoms with Crippen molar-refractivity contribution in [1.82, 2.24) is 24.3 Å². The van der Waals surface area contributed by atoms with Crippen molar-refractivity contribution in [3.05, 3.63) is 94.3 Å². The number of fused-ring (bicyclic) bond motifs is 2. The Labute approximate surface area is 251 Å². The topological polar surface area (TPSA) is 138 Å². The number of anilines is 2. The second-order valence-electron chi connectivity index (χ2n) is 10.3. The summed E-state index contributed by atoms with van der Waals surface area (Å²) in [5.74, 6) is -1.52. The lowest BCUT2D eigenvalue weighted by molar-refractivity contribution is -0.198. The predicted molar refractivity (Wildman–Crippen MR) is 152 cm³/mol. The second-order valence-corrected chi connectivity index (χ2v) is 10.7. The largest absolute Gasteiger partial charge is 0.506 e. The first-order chi connectivity index (χ1) is 20.8. The highest BCUT2D eigenvalue weighted by Crippen LogP contribution is 2.47. The van der Waals surface area contributed by atoms with Crippen molar-refractivity contribution < 1.29 is 32.6 Å². The number of carbonyl (C=O) groups excluding carboxylic acids is 1. The van der Waals surface area contributed by atoms with Gasteiger partial charge in [-0.1, -0.05) is 29.8 Å². The van der Waals surface area contributed by atoms with Crippen LogP contribution in [0.15, 0.2) is 61.1 Å². The van der Waals surface area contributed by atoms with Crippen molar-refractivity contribution in [2.45, 2.75) is 31.0 Å². The van der Waals surface area contributed by atoms with Gasteiger partial charge in [0, 0.05) is 25.0 Å². The minimum absolute atomic E-state index is 0.00597. The molecule has 1 aliphatic heterocycles. The summed E-state index contributed by atoms with van der Waals surface area (Å²) in [6, 6.07) is 10.00. The summed E-state index contributed by atoms with van der Waals surface area (Å²) in [5.41, 5.74) is 0.723. The van der Waals surface area contributed by atoms with Gasteiger partial charge in [-0.3, -0.25) is 4.79 Å². The number of rotatable bonds is 7. The number of amides is 1. The maximum absolute atomic E-state index is 13.5. The van der Waals surface area contributed by atoms with Crippen LogP contribution in [0.1, 0.15) is 29.3 Å². The third-order valence-electron chi connectivity index (χ3n) is 7.42. The third-order valence-corrected chi connectivity index (χ3v) is 7.74. The number of aromatic nitrogens is 5. The Hall–Kier alpha value is -4.82. The summed E-state index contributed by atoms with van der Waals surface area (Å²) < 4.78 is 54.8. The van der Waals surface area contributed by atoms with Crippen LogP contribution in [0.25, 0.3) is 17.2 Å². The van der Waals surface area contributed by atoms with Crippen LogP contribution in [0, 0.1) is 5.82 Å². The summed E-state index contributed by atoms with van der Waals surface area (Å²) >= 11 is 5.97. The molecular formula is C29H22ClF4N7O3. The Morgan fingerprint density at radius 1 is 1.14 bits per heavy atom. The first-order valence-corrected chi connectivity index (χ1v) is 13.5. The van der Waals surface area contributed by atoms with Gasteiger partial charge in [-0.15, -0.1) is 0 Å². The van der Waals surface area contributed by atoms with E-state index in [1.807, 2.05) is 0 Å². The van der Waals surface area contributed by atoms with Crippen molar-refractivity contribution in [3.8, 4) is 17.3 Å². The van der Waals surface area contributed by atoms with Crippen LogP contribution in [-0.2, 0) is 16.6 Å². The van der Waals surface area contributed by atoms with Crippen LogP contribution in [0.4, 0.5) is 29.2 Å². The molecule has 0 spiro atoms. The van der Waals surface area contributed by atoms with Crippen molar-refractivity contribution in [1.29, 1.82) is 0 Å². The normalized spacial score (nSPS) is 17.0. The van der Waals surface area contributed by atoms with Crippen LogP contribution in [-0.4, -0.2) is 59.3 Å². The van der Waals surface area contributed by atoms with Gasteiger partial charge in [-0.05, 0) is 42.3 Å². The summed E-state index contributed by atoms with van der Waals surface area (Å²) in [4.78, 5) is 31.5. The standard InChI is InChI=1S/C29H22ClF4N7O3/c1-28(15-4-7-17(30)20(42)11-15)22-24(36-12-21(43)29(32,33)34)38-23(39-25(22)40-27(28)44)19-13-41-9-8-35-26(41)18(37-19)10-14-2-5-16(31)6-3-14/h2-9,11,13,21,42-43H,10,12H2,1H3,(H2,36,38,39,40,44)/t21?,28-/m0/s1. The number of halogens is 5. The number of alkyl halides is 3. The van der Waals surface area contributed by atoms with E-state index >= 15 is 0 Å². The molecule has 0 saturated heterocycles. The predicted octanol–water partition coefficient (Wildman–Crippen LogP) is 4.87. The molecule has 0 bridgehead atoms. The zero-order chi connectivity index (χ0) is 31.4. The Kier molecular flexibility index (Phi) is 7.13. The van der Waals surface area contributed by atoms with Crippen molar-refractivity contribution in [2.75, 3.05) is 17.2 Å². The van der Waals surface area contributed by atoms with Gasteiger partial charge >= 0.3 is 6.18 Å². The molecule has 4 heterocycles. The molecule has 0 fully saturated rings. The number of nitrogens with one attached hydrogen (secondary N) is 2. The molecule has 0 aliphatic carbocycles. The molecule has 0 radical (unpaired) electrons. The number of phenols is 1. The quantitative estimate of drug-likeness (QED) is 0.188. The minimum atomic E-state index is -4.92. The van der Waals surface area contributed by atoms with Crippen LogP contribution < -0.4 is 10.6 Å². The Balaban J connectivity index is 1.50. The van der Waals surface area contributed by atoms with E-state index in [1.54, 1.807) is 35.1 Å². The molecular weight excluding hydrogens is 606 g/mol. The van der Waals surface area contributed by atoms with Gasteiger partial charge in [0.2, 0.25) is 5.91 Å². The van der Waals surface area contributed by atoms with Gasteiger partial charge in [0.1, 0.15) is 34.3 Å². The van der Waals surface area contributed by atoms with Crippen LogP contribution in [0.2, 0.25) is 5.02 Å². The Morgan fingerprint density at radius 3 is 2.59 bits per heavy atom. The van der Waals surface area contributed by atoms with Crippen molar-refractivity contribution in [2.24, 2.45) is 0 Å². The fraction of sp³-hybridized carbons (Fsp3) is 0.207. The van der Waals surface area contributed by atoms with Gasteiger partial charge in [0.25, 0.3) is 0 Å². The molecule has 3 aromatic heterocycles. The summed E-state index contributed by atoms with van der Waals surface area (Å²) in [6.45, 7) is 0.522. The smallest absolute Gasteiger partial charge is 0.416 e. The summed E-state index contributed by atoms with van der Waals surface area (Å²) in [7, 11) is 0. The molecule has 2 atom stereocenters. The molecule has 15 heteroatoms. The van der Waals surface area contributed by atoms with Gasteiger partial charge in [-0.25, -0.2) is 24.3 Å². The highest BCUT2D eigenvalue weighted by molar-refractivity contribution is 6.32. The minimum Gasteiger partial charge on any atom is -0.506 e. The van der Waals surface area contributed by atoms with E-state index in [-0.39, 0.29) is 51.5 Å². The molecule has 1 amide bonds. The zero-order valence-electron chi connectivity index (χ0n) is 22.7. The lowest BCUT2D eigenvalue weighted by Gasteiger charge is -2.25. The third kappa shape index (κ3) is 5.15. The van der Waals surface area contributed by atoms with E-state index in [0.29, 0.717) is 11.3 Å². The van der Waals surface area contributed by atoms with Gasteiger partial charge in [0.05, 0.1) is 22.8 Å². The van der Waals surface area contributed by atoms with Gasteiger partial charge in [0.15, 0.2) is 17.6 Å². The highest BCUT2D eigenvalue weighted by Gasteiger charge is 2.48. The van der Waals surface area contributed by atoms with Crippen LogP contribution in [0.5, 0.6) is 5.75 Å². The Bertz CT molecular complexity index is 1920. The first kappa shape index (κ1) is 29.3. The molecule has 4 N–H and O–H groups in total. The molecule has 1 unspecified atom stereocenters. The van der Waals surface area contributed by atoms with Gasteiger partial charge in [-0.2, -0.15) is 13.2 Å². The number of imidazole rings is 1. The number of aliphatic hydroxyl groups excluding tert-OH is 1. The van der Waals surface area contributed by atoms with Gasteiger partial charge < -0.3 is 25.2 Å². The highest BCUT2D eigenvalue weighted by atomic mass is 35.5. The zero-order valence-corrected chi connectivity index (χ0v) is 23.4. The fourth-order valence-corrected chi connectivity index (χ4v) is 5.16. The van der Waals surface area contributed by atoms with Crippen LogP contribution >= 0.6 is 11.6 Å². The van der Waals surface area contributed by atoms with E-state index in [2.05, 4.69) is 30.6 Å². The van der Waals surface area contributed by atoms with E-state index in [4.69, 9.17) is 11.6 Å². The first-order valence-electron chi connectivity index (χ1n) is 13.1. The molecule has 10 nitrogen and oxygen atoms in total. The fourth-order valence-electron chi connectivity index (χ4n) is 5.04. The van der Waals surface area contributed by atoms with E-state index < -0.39 is 36.0 Å². The average Bonchev–Trinajstić information content (AvgIpc) is 3.56. The van der Waals surface area contributed by atoms with E-state index in [9.17, 15) is 32.6 Å². The lowest BCUT2D eigenvalue weighted by atomic mass is 9.77. The SMILES string of the molecule is C[C@@]1(c2ccc(Cl)c(O)c2)C(=O)Nc2nc(-c3cn4ccnc4c(Cc4ccc(F)cc4)n3)nc(NCC(O)C(F)(F)F)c21. The maximum atomic E-state index is 13.5. The second kappa shape index (κ2) is 10.7. The number of carbonyl (C=O) groups is 1. The van der Waals surface area contributed by atoms with Crippen molar-refractivity contribution in [3.63, 3.8) is 0 Å². The van der Waals surface area contributed by atoms with Crippen molar-refractivity contribution >= 4 is 34.8 Å². The number of hydrogen-bond donors (Lipinski definition) is 4. The molecule has 226 valence electrons. The van der Waals surface area contributed by atoms with Crippen LogP contribution in [0.3, 0.4) is 0 Å².